The van der Waals surface area contributed by atoms with Gasteiger partial charge < -0.3 is 9.84 Å². The minimum absolute atomic E-state index is 0.119. The Morgan fingerprint density at radius 3 is 2.84 bits per heavy atom. The summed E-state index contributed by atoms with van der Waals surface area (Å²) in [5.41, 5.74) is 3.11. The second kappa shape index (κ2) is 5.96. The molecule has 0 amide bonds. The van der Waals surface area contributed by atoms with E-state index in [0.29, 0.717) is 17.8 Å². The number of nitrogens with zero attached hydrogens (tertiary/aromatic N) is 1. The largest absolute Gasteiger partial charge is 0.393 e. The van der Waals surface area contributed by atoms with Crippen LogP contribution in [0.25, 0.3) is 0 Å². The average Bonchev–Trinajstić information content (AvgIpc) is 2.91. The van der Waals surface area contributed by atoms with E-state index in [1.54, 1.807) is 0 Å². The molecule has 136 valence electrons. The van der Waals surface area contributed by atoms with E-state index in [1.807, 2.05) is 13.2 Å². The highest BCUT2D eigenvalue weighted by Crippen LogP contribution is 2.66. The molecular formula is C22H31NO2. The second-order valence-electron chi connectivity index (χ2n) is 9.31. The third-order valence-electron chi connectivity index (χ3n) is 8.38. The number of ether oxygens (including phenoxy) is 1. The molecule has 3 saturated carbocycles. The number of aliphatic hydroxyl groups excluding tert-OH is 1. The van der Waals surface area contributed by atoms with E-state index in [2.05, 4.69) is 26.0 Å². The number of allylic oxidation sites excluding steroid dienone is 3. The zero-order valence-corrected chi connectivity index (χ0v) is 15.8. The van der Waals surface area contributed by atoms with Crippen molar-refractivity contribution in [2.24, 2.45) is 28.6 Å². The molecule has 7 atom stereocenters. The Morgan fingerprint density at radius 1 is 1.32 bits per heavy atom. The molecule has 0 radical (unpaired) electrons. The standard InChI is InChI=1S/C22H31NO2/c1-21-10-8-16(24)12-15(21)4-6-17-18-7-5-14(9-11-23)22(18,2)13-19(25-3)20(17)21/h4,9,16-20,24H,5-8,10,12-13H2,1-3H3/b14-9-/t16-,17+,18+,19+,20-,21+,22-/m1/s1. The highest BCUT2D eigenvalue weighted by molar-refractivity contribution is 5.32. The number of aliphatic hydroxyl groups is 1. The maximum atomic E-state index is 10.2. The minimum Gasteiger partial charge on any atom is -0.393 e. The summed E-state index contributed by atoms with van der Waals surface area (Å²) in [6.07, 6.45) is 11.6. The van der Waals surface area contributed by atoms with Crippen molar-refractivity contribution in [2.45, 2.75) is 71.0 Å². The van der Waals surface area contributed by atoms with Crippen LogP contribution in [-0.2, 0) is 4.74 Å². The van der Waals surface area contributed by atoms with E-state index in [-0.39, 0.29) is 23.0 Å². The SMILES string of the molecule is CO[C@H]1C[C@]2(C)/C(=C\C#N)CC[C@H]2[C@@H]2CC=C3C[C@H](O)CC[C@]3(C)[C@H]21. The van der Waals surface area contributed by atoms with Gasteiger partial charge in [-0.3, -0.25) is 0 Å². The molecular weight excluding hydrogens is 310 g/mol. The number of hydrogen-bond acceptors (Lipinski definition) is 3. The molecule has 4 aliphatic carbocycles. The summed E-state index contributed by atoms with van der Waals surface area (Å²) >= 11 is 0. The Bertz CT molecular complexity index is 659. The van der Waals surface area contributed by atoms with E-state index in [1.165, 1.54) is 17.6 Å². The predicted molar refractivity (Wildman–Crippen MR) is 97.6 cm³/mol. The van der Waals surface area contributed by atoms with Crippen molar-refractivity contribution in [3.63, 3.8) is 0 Å². The van der Waals surface area contributed by atoms with Crippen molar-refractivity contribution < 1.29 is 9.84 Å². The molecule has 0 unspecified atom stereocenters. The molecule has 0 aromatic heterocycles. The van der Waals surface area contributed by atoms with Crippen LogP contribution in [0.3, 0.4) is 0 Å². The van der Waals surface area contributed by atoms with Gasteiger partial charge in [0.2, 0.25) is 0 Å². The predicted octanol–water partition coefficient (Wildman–Crippen LogP) is 4.38. The number of methoxy groups -OCH3 is 1. The van der Waals surface area contributed by atoms with Crippen LogP contribution in [0.2, 0.25) is 0 Å². The molecule has 3 nitrogen and oxygen atoms in total. The van der Waals surface area contributed by atoms with Gasteiger partial charge in [0.05, 0.1) is 18.3 Å². The number of fused-ring (bicyclic) bond motifs is 5. The molecule has 3 fully saturated rings. The maximum Gasteiger partial charge on any atom is 0.0911 e. The first kappa shape index (κ1) is 17.3. The Morgan fingerprint density at radius 2 is 2.12 bits per heavy atom. The van der Waals surface area contributed by atoms with Crippen molar-refractivity contribution in [3.8, 4) is 6.07 Å². The van der Waals surface area contributed by atoms with Gasteiger partial charge >= 0.3 is 0 Å². The van der Waals surface area contributed by atoms with E-state index in [9.17, 15) is 10.4 Å². The van der Waals surface area contributed by atoms with E-state index in [0.717, 1.165) is 38.5 Å². The van der Waals surface area contributed by atoms with Gasteiger partial charge in [0.15, 0.2) is 0 Å². The van der Waals surface area contributed by atoms with Crippen molar-refractivity contribution in [3.05, 3.63) is 23.3 Å². The fourth-order valence-electron chi connectivity index (χ4n) is 7.12. The van der Waals surface area contributed by atoms with Crippen molar-refractivity contribution in [1.29, 1.82) is 5.26 Å². The van der Waals surface area contributed by atoms with Gasteiger partial charge in [0, 0.05) is 13.2 Å². The number of hydrogen-bond donors (Lipinski definition) is 1. The lowest BCUT2D eigenvalue weighted by Gasteiger charge is -2.59. The molecule has 4 aliphatic rings. The van der Waals surface area contributed by atoms with Crippen LogP contribution in [0.15, 0.2) is 23.3 Å². The molecule has 0 spiro atoms. The van der Waals surface area contributed by atoms with Crippen LogP contribution >= 0.6 is 0 Å². The number of nitriles is 1. The Labute approximate surface area is 151 Å². The smallest absolute Gasteiger partial charge is 0.0911 e. The summed E-state index contributed by atoms with van der Waals surface area (Å²) in [7, 11) is 1.87. The third-order valence-corrected chi connectivity index (χ3v) is 8.38. The summed E-state index contributed by atoms with van der Waals surface area (Å²) in [5.74, 6) is 1.84. The highest BCUT2D eigenvalue weighted by Gasteiger charge is 2.60. The van der Waals surface area contributed by atoms with Gasteiger partial charge in [-0.05, 0) is 73.5 Å². The molecule has 0 aromatic rings. The van der Waals surface area contributed by atoms with Crippen LogP contribution in [-0.4, -0.2) is 24.4 Å². The third kappa shape index (κ3) is 2.37. The second-order valence-corrected chi connectivity index (χ2v) is 9.31. The van der Waals surface area contributed by atoms with E-state index in [4.69, 9.17) is 4.74 Å². The molecule has 0 aliphatic heterocycles. The van der Waals surface area contributed by atoms with Gasteiger partial charge in [0.25, 0.3) is 0 Å². The van der Waals surface area contributed by atoms with Crippen LogP contribution in [0.1, 0.15) is 58.8 Å². The van der Waals surface area contributed by atoms with Crippen molar-refractivity contribution in [2.75, 3.05) is 7.11 Å². The fourth-order valence-corrected chi connectivity index (χ4v) is 7.12. The van der Waals surface area contributed by atoms with Crippen molar-refractivity contribution >= 4 is 0 Å². The Hall–Kier alpha value is -1.11. The van der Waals surface area contributed by atoms with Gasteiger partial charge in [-0.25, -0.2) is 0 Å². The van der Waals surface area contributed by atoms with Crippen LogP contribution < -0.4 is 0 Å². The van der Waals surface area contributed by atoms with Crippen LogP contribution in [0.5, 0.6) is 0 Å². The van der Waals surface area contributed by atoms with Crippen LogP contribution in [0, 0.1) is 39.9 Å². The first-order valence-electron chi connectivity index (χ1n) is 9.93. The summed E-state index contributed by atoms with van der Waals surface area (Å²) in [6.45, 7) is 4.81. The summed E-state index contributed by atoms with van der Waals surface area (Å²) in [5, 5.41) is 19.4. The lowest BCUT2D eigenvalue weighted by atomic mass is 9.47. The Kier molecular flexibility index (Phi) is 4.13. The zero-order chi connectivity index (χ0) is 17.8. The molecule has 0 saturated heterocycles. The first-order chi connectivity index (χ1) is 11.9. The highest BCUT2D eigenvalue weighted by atomic mass is 16.5. The quantitative estimate of drug-likeness (QED) is 0.568. The van der Waals surface area contributed by atoms with E-state index < -0.39 is 0 Å². The topological polar surface area (TPSA) is 53.2 Å². The average molecular weight is 341 g/mol. The van der Waals surface area contributed by atoms with E-state index >= 15 is 0 Å². The summed E-state index contributed by atoms with van der Waals surface area (Å²) < 4.78 is 6.10. The zero-order valence-electron chi connectivity index (χ0n) is 15.8. The molecule has 0 bridgehead atoms. The summed E-state index contributed by atoms with van der Waals surface area (Å²) in [4.78, 5) is 0. The maximum absolute atomic E-state index is 10.2. The summed E-state index contributed by atoms with van der Waals surface area (Å²) in [6, 6.07) is 2.29. The Balaban J connectivity index is 1.75. The van der Waals surface area contributed by atoms with Gasteiger partial charge in [0.1, 0.15) is 0 Å². The van der Waals surface area contributed by atoms with Gasteiger partial charge in [-0.15, -0.1) is 0 Å². The fraction of sp³-hybridized carbons (Fsp3) is 0.773. The molecule has 0 aromatic carbocycles. The minimum atomic E-state index is -0.164. The molecule has 1 N–H and O–H groups in total. The number of rotatable bonds is 1. The lowest BCUT2D eigenvalue weighted by molar-refractivity contribution is -0.122. The van der Waals surface area contributed by atoms with Crippen molar-refractivity contribution in [1.82, 2.24) is 0 Å². The molecule has 0 heterocycles. The molecule has 3 heteroatoms. The van der Waals surface area contributed by atoms with Crippen LogP contribution in [0.4, 0.5) is 0 Å². The normalized spacial score (nSPS) is 50.4. The van der Waals surface area contributed by atoms with Gasteiger partial charge in [-0.1, -0.05) is 31.1 Å². The first-order valence-corrected chi connectivity index (χ1v) is 9.93. The molecule has 25 heavy (non-hydrogen) atoms. The monoisotopic (exact) mass is 341 g/mol. The molecule has 4 rings (SSSR count). The van der Waals surface area contributed by atoms with Gasteiger partial charge in [-0.2, -0.15) is 5.26 Å². The lowest BCUT2D eigenvalue weighted by Crippen LogP contribution is -2.56.